The van der Waals surface area contributed by atoms with Crippen molar-refractivity contribution in [1.29, 1.82) is 0 Å². The summed E-state index contributed by atoms with van der Waals surface area (Å²) >= 11 is 0. The Hall–Kier alpha value is -2.10. The lowest BCUT2D eigenvalue weighted by molar-refractivity contribution is -0.123. The highest BCUT2D eigenvalue weighted by molar-refractivity contribution is 6.35. The number of carbonyl (C=O) groups excluding carboxylic acids is 2. The van der Waals surface area contributed by atoms with Crippen LogP contribution in [-0.2, 0) is 9.59 Å². The Morgan fingerprint density at radius 2 is 1.75 bits per heavy atom. The van der Waals surface area contributed by atoms with Crippen molar-refractivity contribution in [3.63, 3.8) is 0 Å². The molecule has 16 heavy (non-hydrogen) atoms. The third kappa shape index (κ3) is 1.58. The average Bonchev–Trinajstić information content (AvgIpc) is 2.54. The van der Waals surface area contributed by atoms with Crippen LogP contribution in [0.5, 0.6) is 5.75 Å². The summed E-state index contributed by atoms with van der Waals surface area (Å²) < 4.78 is 0. The number of nitrogens with one attached hydrogen (secondary N) is 1. The summed E-state index contributed by atoms with van der Waals surface area (Å²) in [6.07, 6.45) is 0.508. The number of phenolic OH excluding ortho intramolecular Hbond substituents is 1. The zero-order chi connectivity index (χ0) is 11.7. The molecule has 2 rings (SSSR count). The van der Waals surface area contributed by atoms with Gasteiger partial charge < -0.3 is 5.11 Å². The van der Waals surface area contributed by atoms with Crippen molar-refractivity contribution in [2.75, 3.05) is 0 Å². The summed E-state index contributed by atoms with van der Waals surface area (Å²) in [5, 5.41) is 11.4. The van der Waals surface area contributed by atoms with E-state index in [1.54, 1.807) is 12.1 Å². The molecule has 2 amide bonds. The van der Waals surface area contributed by atoms with E-state index in [1.165, 1.54) is 12.1 Å². The van der Waals surface area contributed by atoms with Gasteiger partial charge in [0.25, 0.3) is 11.8 Å². The zero-order valence-electron chi connectivity index (χ0n) is 8.78. The Kier molecular flexibility index (Phi) is 2.48. The van der Waals surface area contributed by atoms with Crippen LogP contribution in [-0.4, -0.2) is 16.9 Å². The van der Waals surface area contributed by atoms with Crippen LogP contribution in [0.4, 0.5) is 0 Å². The van der Waals surface area contributed by atoms with E-state index >= 15 is 0 Å². The first kappa shape index (κ1) is 10.4. The van der Waals surface area contributed by atoms with Gasteiger partial charge in [-0.25, -0.2) is 0 Å². The molecule has 0 aromatic heterocycles. The summed E-state index contributed by atoms with van der Waals surface area (Å²) in [6.45, 7) is 1.83. The topological polar surface area (TPSA) is 66.4 Å². The minimum absolute atomic E-state index is 0.132. The van der Waals surface area contributed by atoms with Crippen molar-refractivity contribution < 1.29 is 14.7 Å². The van der Waals surface area contributed by atoms with Gasteiger partial charge in [-0.3, -0.25) is 14.9 Å². The lowest BCUT2D eigenvalue weighted by atomic mass is 10.00. The molecule has 82 valence electrons. The first-order valence-corrected chi connectivity index (χ1v) is 5.01. The summed E-state index contributed by atoms with van der Waals surface area (Å²) in [5.74, 6) is -0.560. The fraction of sp³-hybridized carbons (Fsp3) is 0.167. The maximum absolute atomic E-state index is 11.6. The van der Waals surface area contributed by atoms with Crippen LogP contribution in [0, 0.1) is 0 Å². The van der Waals surface area contributed by atoms with Crippen LogP contribution in [0.2, 0.25) is 0 Å². The molecule has 0 fully saturated rings. The maximum Gasteiger partial charge on any atom is 0.259 e. The third-order valence-electron chi connectivity index (χ3n) is 2.54. The van der Waals surface area contributed by atoms with Crippen molar-refractivity contribution in [3.8, 4) is 5.75 Å². The number of hydrogen-bond donors (Lipinski definition) is 2. The minimum Gasteiger partial charge on any atom is -0.508 e. The quantitative estimate of drug-likeness (QED) is 0.732. The van der Waals surface area contributed by atoms with E-state index in [0.29, 0.717) is 23.1 Å². The van der Waals surface area contributed by atoms with Gasteiger partial charge in [-0.1, -0.05) is 19.1 Å². The van der Waals surface area contributed by atoms with Gasteiger partial charge in [-0.2, -0.15) is 0 Å². The molecule has 1 aliphatic heterocycles. The van der Waals surface area contributed by atoms with E-state index in [9.17, 15) is 9.59 Å². The van der Waals surface area contributed by atoms with Gasteiger partial charge in [0, 0.05) is 5.57 Å². The second-order valence-corrected chi connectivity index (χ2v) is 3.54. The molecule has 4 heteroatoms. The second kappa shape index (κ2) is 3.81. The molecular formula is C12H11NO3. The molecule has 0 spiro atoms. The fourth-order valence-corrected chi connectivity index (χ4v) is 1.76. The van der Waals surface area contributed by atoms with E-state index in [-0.39, 0.29) is 17.6 Å². The Balaban J connectivity index is 2.53. The molecule has 0 saturated heterocycles. The van der Waals surface area contributed by atoms with Gasteiger partial charge >= 0.3 is 0 Å². The predicted molar refractivity (Wildman–Crippen MR) is 58.5 cm³/mol. The van der Waals surface area contributed by atoms with Gasteiger partial charge in [0.1, 0.15) is 5.75 Å². The Morgan fingerprint density at radius 1 is 1.12 bits per heavy atom. The Morgan fingerprint density at radius 3 is 2.31 bits per heavy atom. The number of benzene rings is 1. The van der Waals surface area contributed by atoms with E-state index in [2.05, 4.69) is 5.32 Å². The summed E-state index contributed by atoms with van der Waals surface area (Å²) in [5.41, 5.74) is 1.56. The molecule has 0 saturated carbocycles. The number of amides is 2. The van der Waals surface area contributed by atoms with Crippen LogP contribution in [0.1, 0.15) is 18.9 Å². The summed E-state index contributed by atoms with van der Waals surface area (Å²) in [4.78, 5) is 23.0. The van der Waals surface area contributed by atoms with E-state index in [1.807, 2.05) is 6.92 Å². The highest BCUT2D eigenvalue weighted by Gasteiger charge is 2.29. The number of aromatic hydroxyl groups is 1. The predicted octanol–water partition coefficient (Wildman–Crippen LogP) is 1.21. The minimum atomic E-state index is -0.368. The highest BCUT2D eigenvalue weighted by atomic mass is 16.3. The average molecular weight is 217 g/mol. The highest BCUT2D eigenvalue weighted by Crippen LogP contribution is 2.26. The normalized spacial score (nSPS) is 15.6. The maximum atomic E-state index is 11.6. The lowest BCUT2D eigenvalue weighted by Gasteiger charge is -2.02. The lowest BCUT2D eigenvalue weighted by Crippen LogP contribution is -2.22. The van der Waals surface area contributed by atoms with Crippen molar-refractivity contribution in [2.24, 2.45) is 0 Å². The molecule has 0 unspecified atom stereocenters. The van der Waals surface area contributed by atoms with Crippen molar-refractivity contribution in [2.45, 2.75) is 13.3 Å². The van der Waals surface area contributed by atoms with Crippen molar-refractivity contribution in [3.05, 3.63) is 35.4 Å². The zero-order valence-corrected chi connectivity index (χ0v) is 8.78. The molecule has 4 nitrogen and oxygen atoms in total. The monoisotopic (exact) mass is 217 g/mol. The van der Waals surface area contributed by atoms with Crippen LogP contribution in [0.15, 0.2) is 29.8 Å². The standard InChI is InChI=1S/C12H11NO3/c1-2-9-10(12(16)13-11(9)15)7-3-5-8(14)6-4-7/h3-6,14H,2H2,1H3,(H,13,15,16). The van der Waals surface area contributed by atoms with Gasteiger partial charge in [-0.05, 0) is 24.1 Å². The molecule has 1 heterocycles. The third-order valence-corrected chi connectivity index (χ3v) is 2.54. The molecule has 0 atom stereocenters. The van der Waals surface area contributed by atoms with Crippen molar-refractivity contribution >= 4 is 17.4 Å². The van der Waals surface area contributed by atoms with E-state index in [0.717, 1.165) is 0 Å². The van der Waals surface area contributed by atoms with Gasteiger partial charge in [0.15, 0.2) is 0 Å². The van der Waals surface area contributed by atoms with Crippen LogP contribution in [0.25, 0.3) is 5.57 Å². The van der Waals surface area contributed by atoms with E-state index < -0.39 is 0 Å². The molecule has 1 aliphatic rings. The molecule has 2 N–H and O–H groups in total. The number of carbonyl (C=O) groups is 2. The van der Waals surface area contributed by atoms with E-state index in [4.69, 9.17) is 5.11 Å². The second-order valence-electron chi connectivity index (χ2n) is 3.54. The molecule has 1 aromatic rings. The first-order valence-electron chi connectivity index (χ1n) is 5.01. The first-order chi connectivity index (χ1) is 7.63. The SMILES string of the molecule is CCC1=C(c2ccc(O)cc2)C(=O)NC1=O. The Bertz CT molecular complexity index is 485. The smallest absolute Gasteiger partial charge is 0.259 e. The van der Waals surface area contributed by atoms with Gasteiger partial charge in [0.05, 0.1) is 5.57 Å². The largest absolute Gasteiger partial charge is 0.508 e. The van der Waals surface area contributed by atoms with Crippen LogP contribution >= 0.6 is 0 Å². The molecule has 0 bridgehead atoms. The van der Waals surface area contributed by atoms with Crippen LogP contribution < -0.4 is 5.32 Å². The molecule has 0 radical (unpaired) electrons. The van der Waals surface area contributed by atoms with Crippen molar-refractivity contribution in [1.82, 2.24) is 5.32 Å². The summed E-state index contributed by atoms with van der Waals surface area (Å²) in [7, 11) is 0. The van der Waals surface area contributed by atoms with Gasteiger partial charge in [0.2, 0.25) is 0 Å². The molecule has 0 aliphatic carbocycles. The number of rotatable bonds is 2. The Labute approximate surface area is 92.6 Å². The number of imide groups is 1. The number of phenols is 1. The number of hydrogen-bond acceptors (Lipinski definition) is 3. The molecule has 1 aromatic carbocycles. The fourth-order valence-electron chi connectivity index (χ4n) is 1.76. The van der Waals surface area contributed by atoms with Gasteiger partial charge in [-0.15, -0.1) is 0 Å². The van der Waals surface area contributed by atoms with Crippen LogP contribution in [0.3, 0.4) is 0 Å². The molecular weight excluding hydrogens is 206 g/mol. The summed E-state index contributed by atoms with van der Waals surface area (Å²) in [6, 6.07) is 6.23.